The molecule has 2 amide bonds. The minimum atomic E-state index is -0.971. The molecule has 0 aliphatic carbocycles. The molecule has 1 aliphatic rings. The standard InChI is InChI=1S/C26H32N4O3/c1-19-15-20(2)17-21(16-19)18-23(24(31)28-10-9-27)29-25(32)26(3,22-7-5-4-6-8-22)30-11-13-33-14-12-30/h4-8,15-17,23H,10-14,18H2,1-3H3,(H,28,31)(H,29,32). The molecule has 174 valence electrons. The summed E-state index contributed by atoms with van der Waals surface area (Å²) in [4.78, 5) is 28.9. The minimum absolute atomic E-state index is 0.114. The SMILES string of the molecule is Cc1cc(C)cc(CC(NC(=O)C(C)(c2ccccc2)N2CCOCC2)C(=O)NCC#N)c1. The van der Waals surface area contributed by atoms with Crippen LogP contribution in [0.3, 0.4) is 0 Å². The third kappa shape index (κ3) is 5.98. The molecule has 0 spiro atoms. The van der Waals surface area contributed by atoms with Crippen LogP contribution in [-0.4, -0.2) is 55.6 Å². The van der Waals surface area contributed by atoms with Crippen LogP contribution in [-0.2, 0) is 26.3 Å². The number of hydrogen-bond acceptors (Lipinski definition) is 5. The number of benzene rings is 2. The number of carbonyl (C=O) groups excluding carboxylic acids is 2. The highest BCUT2D eigenvalue weighted by Crippen LogP contribution is 2.30. The van der Waals surface area contributed by atoms with E-state index in [1.807, 2.05) is 69.3 Å². The maximum Gasteiger partial charge on any atom is 0.245 e. The Hall–Kier alpha value is -3.21. The molecule has 1 aliphatic heterocycles. The molecule has 2 N–H and O–H groups in total. The Kier molecular flexibility index (Phi) is 8.21. The van der Waals surface area contributed by atoms with Crippen LogP contribution in [0.25, 0.3) is 0 Å². The molecule has 1 saturated heterocycles. The Labute approximate surface area is 195 Å². The van der Waals surface area contributed by atoms with E-state index in [1.165, 1.54) is 0 Å². The molecular weight excluding hydrogens is 416 g/mol. The third-order valence-corrected chi connectivity index (χ3v) is 6.11. The van der Waals surface area contributed by atoms with Crippen molar-refractivity contribution in [1.82, 2.24) is 15.5 Å². The van der Waals surface area contributed by atoms with Gasteiger partial charge in [-0.3, -0.25) is 14.5 Å². The predicted molar refractivity (Wildman–Crippen MR) is 126 cm³/mol. The van der Waals surface area contributed by atoms with E-state index in [1.54, 1.807) is 0 Å². The Balaban J connectivity index is 1.91. The Morgan fingerprint density at radius 1 is 1.12 bits per heavy atom. The molecule has 2 atom stereocenters. The number of carbonyl (C=O) groups is 2. The van der Waals surface area contributed by atoms with Gasteiger partial charge >= 0.3 is 0 Å². The quantitative estimate of drug-likeness (QED) is 0.604. The normalized spacial score (nSPS) is 16.8. The fourth-order valence-corrected chi connectivity index (χ4v) is 4.41. The second-order valence-corrected chi connectivity index (χ2v) is 8.64. The number of amides is 2. The zero-order valence-corrected chi connectivity index (χ0v) is 19.6. The van der Waals surface area contributed by atoms with E-state index in [2.05, 4.69) is 21.6 Å². The van der Waals surface area contributed by atoms with E-state index in [0.717, 1.165) is 22.3 Å². The molecule has 33 heavy (non-hydrogen) atoms. The maximum absolute atomic E-state index is 13.8. The van der Waals surface area contributed by atoms with Crippen LogP contribution in [0.15, 0.2) is 48.5 Å². The summed E-state index contributed by atoms with van der Waals surface area (Å²) >= 11 is 0. The Morgan fingerprint density at radius 3 is 2.36 bits per heavy atom. The van der Waals surface area contributed by atoms with Crippen molar-refractivity contribution < 1.29 is 14.3 Å². The van der Waals surface area contributed by atoms with E-state index in [4.69, 9.17) is 10.00 Å². The summed E-state index contributed by atoms with van der Waals surface area (Å²) in [5.41, 5.74) is 3.02. The monoisotopic (exact) mass is 448 g/mol. The lowest BCUT2D eigenvalue weighted by atomic mass is 9.87. The topological polar surface area (TPSA) is 94.5 Å². The van der Waals surface area contributed by atoms with Crippen LogP contribution in [0.1, 0.15) is 29.2 Å². The van der Waals surface area contributed by atoms with Gasteiger partial charge in [-0.25, -0.2) is 0 Å². The van der Waals surface area contributed by atoms with Gasteiger partial charge in [-0.05, 0) is 31.9 Å². The first kappa shape index (κ1) is 24.4. The van der Waals surface area contributed by atoms with Gasteiger partial charge in [0.05, 0.1) is 19.3 Å². The molecule has 7 heteroatoms. The summed E-state index contributed by atoms with van der Waals surface area (Å²) in [5, 5.41) is 14.5. The van der Waals surface area contributed by atoms with Gasteiger partial charge in [-0.2, -0.15) is 5.26 Å². The van der Waals surface area contributed by atoms with Crippen LogP contribution in [0.2, 0.25) is 0 Å². The molecule has 2 unspecified atom stereocenters. The molecule has 0 radical (unpaired) electrons. The van der Waals surface area contributed by atoms with Crippen molar-refractivity contribution in [2.75, 3.05) is 32.8 Å². The highest BCUT2D eigenvalue weighted by Gasteiger charge is 2.43. The van der Waals surface area contributed by atoms with Gasteiger partial charge < -0.3 is 15.4 Å². The van der Waals surface area contributed by atoms with Gasteiger partial charge in [0.25, 0.3) is 0 Å². The van der Waals surface area contributed by atoms with E-state index < -0.39 is 11.6 Å². The van der Waals surface area contributed by atoms with Gasteiger partial charge in [-0.15, -0.1) is 0 Å². The van der Waals surface area contributed by atoms with Crippen LogP contribution in [0.4, 0.5) is 0 Å². The second-order valence-electron chi connectivity index (χ2n) is 8.64. The van der Waals surface area contributed by atoms with Crippen LogP contribution >= 0.6 is 0 Å². The summed E-state index contributed by atoms with van der Waals surface area (Å²) in [6, 6.07) is 16.8. The van der Waals surface area contributed by atoms with Gasteiger partial charge in [-0.1, -0.05) is 59.7 Å². The maximum atomic E-state index is 13.8. The first-order valence-electron chi connectivity index (χ1n) is 11.3. The zero-order chi connectivity index (χ0) is 23.8. The van der Waals surface area contributed by atoms with Crippen molar-refractivity contribution in [3.63, 3.8) is 0 Å². The minimum Gasteiger partial charge on any atom is -0.379 e. The smallest absolute Gasteiger partial charge is 0.245 e. The number of aryl methyl sites for hydroxylation is 2. The van der Waals surface area contributed by atoms with E-state index in [0.29, 0.717) is 32.7 Å². The number of nitrogens with one attached hydrogen (secondary N) is 2. The Bertz CT molecular complexity index is 992. The summed E-state index contributed by atoms with van der Waals surface area (Å²) in [7, 11) is 0. The summed E-state index contributed by atoms with van der Waals surface area (Å²) in [6.07, 6.45) is 0.333. The molecule has 1 heterocycles. The summed E-state index contributed by atoms with van der Waals surface area (Å²) in [6.45, 7) is 8.11. The van der Waals surface area contributed by atoms with Crippen LogP contribution in [0, 0.1) is 25.2 Å². The molecule has 7 nitrogen and oxygen atoms in total. The number of nitriles is 1. The molecule has 0 aromatic heterocycles. The fourth-order valence-electron chi connectivity index (χ4n) is 4.41. The highest BCUT2D eigenvalue weighted by atomic mass is 16.5. The lowest BCUT2D eigenvalue weighted by Gasteiger charge is -2.42. The number of hydrogen-bond donors (Lipinski definition) is 2. The van der Waals surface area contributed by atoms with Gasteiger partial charge in [0.1, 0.15) is 18.1 Å². The molecule has 0 bridgehead atoms. The molecule has 0 saturated carbocycles. The third-order valence-electron chi connectivity index (χ3n) is 6.11. The van der Waals surface area contributed by atoms with Crippen molar-refractivity contribution >= 4 is 11.8 Å². The number of rotatable bonds is 8. The van der Waals surface area contributed by atoms with Crippen molar-refractivity contribution in [2.45, 2.75) is 38.8 Å². The van der Waals surface area contributed by atoms with Crippen molar-refractivity contribution in [1.29, 1.82) is 5.26 Å². The second kappa shape index (κ2) is 11.1. The van der Waals surface area contributed by atoms with Crippen LogP contribution < -0.4 is 10.6 Å². The first-order valence-corrected chi connectivity index (χ1v) is 11.3. The lowest BCUT2D eigenvalue weighted by Crippen LogP contribution is -2.61. The highest BCUT2D eigenvalue weighted by molar-refractivity contribution is 5.93. The van der Waals surface area contributed by atoms with Crippen molar-refractivity contribution in [3.05, 3.63) is 70.8 Å². The number of morpholine rings is 1. The predicted octanol–water partition coefficient (Wildman–Crippen LogP) is 2.22. The largest absolute Gasteiger partial charge is 0.379 e. The Morgan fingerprint density at radius 2 is 1.76 bits per heavy atom. The average molecular weight is 449 g/mol. The fraction of sp³-hybridized carbons (Fsp3) is 0.423. The zero-order valence-electron chi connectivity index (χ0n) is 19.6. The summed E-state index contributed by atoms with van der Waals surface area (Å²) in [5.74, 6) is -0.626. The van der Waals surface area contributed by atoms with Crippen LogP contribution in [0.5, 0.6) is 0 Å². The molecule has 2 aromatic carbocycles. The molecular formula is C26H32N4O3. The summed E-state index contributed by atoms with van der Waals surface area (Å²) < 4.78 is 5.51. The van der Waals surface area contributed by atoms with E-state index >= 15 is 0 Å². The van der Waals surface area contributed by atoms with E-state index in [-0.39, 0.29) is 18.4 Å². The van der Waals surface area contributed by atoms with Crippen molar-refractivity contribution in [2.24, 2.45) is 0 Å². The molecule has 3 rings (SSSR count). The first-order chi connectivity index (χ1) is 15.8. The molecule has 2 aromatic rings. The number of nitrogens with zero attached hydrogens (tertiary/aromatic N) is 2. The van der Waals surface area contributed by atoms with Gasteiger partial charge in [0.2, 0.25) is 11.8 Å². The van der Waals surface area contributed by atoms with Gasteiger partial charge in [0.15, 0.2) is 0 Å². The molecule has 1 fully saturated rings. The van der Waals surface area contributed by atoms with Gasteiger partial charge in [0, 0.05) is 19.5 Å². The number of ether oxygens (including phenoxy) is 1. The van der Waals surface area contributed by atoms with Crippen molar-refractivity contribution in [3.8, 4) is 6.07 Å². The van der Waals surface area contributed by atoms with E-state index in [9.17, 15) is 9.59 Å². The average Bonchev–Trinajstić information content (AvgIpc) is 2.82. The lowest BCUT2D eigenvalue weighted by molar-refractivity contribution is -0.140.